The number of thioether (sulfide) groups is 1. The molecule has 4 rings (SSSR count). The highest BCUT2D eigenvalue weighted by molar-refractivity contribution is 7.99. The summed E-state index contributed by atoms with van der Waals surface area (Å²) < 4.78 is 14.8. The summed E-state index contributed by atoms with van der Waals surface area (Å²) in [4.78, 5) is 33.1. The Morgan fingerprint density at radius 3 is 2.84 bits per heavy atom. The highest BCUT2D eigenvalue weighted by Gasteiger charge is 2.16. The number of aromatic amines is 1. The second-order valence-electron chi connectivity index (χ2n) is 7.72. The normalized spacial score (nSPS) is 13.9. The van der Waals surface area contributed by atoms with Gasteiger partial charge in [-0.3, -0.25) is 14.2 Å². The molecule has 0 aliphatic heterocycles. The van der Waals surface area contributed by atoms with Crippen LogP contribution in [0.3, 0.4) is 0 Å². The molecule has 1 aliphatic carbocycles. The predicted octanol–water partition coefficient (Wildman–Crippen LogP) is 4.26. The smallest absolute Gasteiger partial charge is 0.283 e. The topological polar surface area (TPSA) is 79.8 Å². The first-order valence-corrected chi connectivity index (χ1v) is 11.5. The van der Waals surface area contributed by atoms with Gasteiger partial charge < -0.3 is 10.3 Å². The molecule has 6 nitrogen and oxygen atoms in total. The van der Waals surface area contributed by atoms with Crippen LogP contribution in [0.4, 0.5) is 4.39 Å². The van der Waals surface area contributed by atoms with Gasteiger partial charge in [0.15, 0.2) is 5.16 Å². The lowest BCUT2D eigenvalue weighted by Gasteiger charge is -2.13. The van der Waals surface area contributed by atoms with Crippen LogP contribution in [-0.2, 0) is 4.79 Å². The van der Waals surface area contributed by atoms with Gasteiger partial charge in [-0.2, -0.15) is 0 Å². The first-order valence-electron chi connectivity index (χ1n) is 10.5. The van der Waals surface area contributed by atoms with E-state index in [1.807, 2.05) is 6.92 Å². The molecule has 2 N–H and O–H groups in total. The summed E-state index contributed by atoms with van der Waals surface area (Å²) in [6.45, 7) is 2.46. The summed E-state index contributed by atoms with van der Waals surface area (Å²) in [6, 6.07) is 7.46. The van der Waals surface area contributed by atoms with Crippen molar-refractivity contribution in [2.24, 2.45) is 0 Å². The van der Waals surface area contributed by atoms with E-state index in [1.54, 1.807) is 6.07 Å². The maximum atomic E-state index is 13.4. The number of rotatable bonds is 7. The van der Waals surface area contributed by atoms with Crippen molar-refractivity contribution in [2.75, 3.05) is 12.3 Å². The minimum Gasteiger partial charge on any atom is -0.355 e. The van der Waals surface area contributed by atoms with Gasteiger partial charge in [-0.15, -0.1) is 0 Å². The van der Waals surface area contributed by atoms with E-state index in [1.165, 1.54) is 59.0 Å². The van der Waals surface area contributed by atoms with Crippen molar-refractivity contribution < 1.29 is 9.18 Å². The van der Waals surface area contributed by atoms with Crippen molar-refractivity contribution in [3.8, 4) is 5.69 Å². The number of amides is 1. The third-order valence-corrected chi connectivity index (χ3v) is 6.26. The van der Waals surface area contributed by atoms with Crippen LogP contribution in [0.2, 0.25) is 0 Å². The number of aryl methyl sites for hydroxylation is 1. The van der Waals surface area contributed by atoms with Gasteiger partial charge in [0.25, 0.3) is 5.56 Å². The number of aromatic nitrogens is 3. The van der Waals surface area contributed by atoms with Gasteiger partial charge in [-0.1, -0.05) is 23.4 Å². The molecule has 0 fully saturated rings. The van der Waals surface area contributed by atoms with Crippen LogP contribution in [0.15, 0.2) is 51.9 Å². The molecule has 0 saturated carbocycles. The number of carbonyl (C=O) groups is 1. The number of benzene rings is 1. The van der Waals surface area contributed by atoms with Crippen molar-refractivity contribution >= 4 is 28.7 Å². The number of hydrogen-bond donors (Lipinski definition) is 2. The molecule has 0 spiro atoms. The van der Waals surface area contributed by atoms with E-state index in [-0.39, 0.29) is 23.0 Å². The molecule has 31 heavy (non-hydrogen) atoms. The number of hydrogen-bond acceptors (Lipinski definition) is 4. The predicted molar refractivity (Wildman–Crippen MR) is 121 cm³/mol. The van der Waals surface area contributed by atoms with E-state index in [0.29, 0.717) is 28.4 Å². The zero-order valence-corrected chi connectivity index (χ0v) is 18.2. The lowest BCUT2D eigenvalue weighted by Crippen LogP contribution is -2.27. The van der Waals surface area contributed by atoms with Gasteiger partial charge in [-0.05, 0) is 69.4 Å². The van der Waals surface area contributed by atoms with E-state index in [0.717, 1.165) is 25.0 Å². The Balaban J connectivity index is 1.51. The van der Waals surface area contributed by atoms with Gasteiger partial charge in [0, 0.05) is 12.2 Å². The lowest BCUT2D eigenvalue weighted by molar-refractivity contribution is -0.118. The third kappa shape index (κ3) is 5.07. The Labute approximate surface area is 184 Å². The number of nitrogens with zero attached hydrogens (tertiary/aromatic N) is 2. The van der Waals surface area contributed by atoms with Crippen molar-refractivity contribution in [3.05, 3.63) is 63.8 Å². The lowest BCUT2D eigenvalue weighted by atomic mass is 9.97. The minimum absolute atomic E-state index is 0.105. The largest absolute Gasteiger partial charge is 0.355 e. The summed E-state index contributed by atoms with van der Waals surface area (Å²) in [6.07, 6.45) is 7.89. The van der Waals surface area contributed by atoms with E-state index >= 15 is 0 Å². The van der Waals surface area contributed by atoms with Crippen LogP contribution in [0.1, 0.15) is 37.8 Å². The molecule has 1 aliphatic rings. The number of halogens is 1. The number of carbonyl (C=O) groups excluding carboxylic acids is 1. The van der Waals surface area contributed by atoms with Gasteiger partial charge in [0.05, 0.1) is 17.0 Å². The average molecular weight is 441 g/mol. The molecular weight excluding hydrogens is 415 g/mol. The standard InChI is InChI=1S/C23H25FN4O2S/c1-15-13-19-21(26-15)22(30)28(18-9-7-17(24)8-10-18)23(27-19)31-14-20(29)25-12-11-16-5-3-2-4-6-16/h5,7-10,13,26H,2-4,6,11-12,14H2,1H3,(H,25,29). The summed E-state index contributed by atoms with van der Waals surface area (Å²) in [7, 11) is 0. The first-order chi connectivity index (χ1) is 15.0. The van der Waals surface area contributed by atoms with Crippen molar-refractivity contribution in [1.82, 2.24) is 19.9 Å². The fourth-order valence-electron chi connectivity index (χ4n) is 3.77. The summed E-state index contributed by atoms with van der Waals surface area (Å²) >= 11 is 1.20. The quantitative estimate of drug-likeness (QED) is 0.327. The summed E-state index contributed by atoms with van der Waals surface area (Å²) in [5.41, 5.74) is 3.39. The zero-order valence-electron chi connectivity index (χ0n) is 17.4. The van der Waals surface area contributed by atoms with E-state index in [4.69, 9.17) is 0 Å². The third-order valence-electron chi connectivity index (χ3n) is 5.33. The molecule has 0 atom stereocenters. The molecular formula is C23H25FN4O2S. The average Bonchev–Trinajstić information content (AvgIpc) is 3.15. The van der Waals surface area contributed by atoms with Crippen molar-refractivity contribution in [1.29, 1.82) is 0 Å². The minimum atomic E-state index is -0.386. The number of H-pyrrole nitrogens is 1. The Morgan fingerprint density at radius 2 is 2.10 bits per heavy atom. The van der Waals surface area contributed by atoms with Crippen LogP contribution >= 0.6 is 11.8 Å². The first kappa shape index (κ1) is 21.4. The molecule has 0 bridgehead atoms. The maximum Gasteiger partial charge on any atom is 0.283 e. The second kappa shape index (κ2) is 9.51. The van der Waals surface area contributed by atoms with E-state index in [9.17, 15) is 14.0 Å². The van der Waals surface area contributed by atoms with Gasteiger partial charge in [-0.25, -0.2) is 9.37 Å². The molecule has 0 saturated heterocycles. The SMILES string of the molecule is Cc1cc2nc(SCC(=O)NCCC3=CCCCC3)n(-c3ccc(F)cc3)c(=O)c2[nH]1. The van der Waals surface area contributed by atoms with Crippen LogP contribution in [0.25, 0.3) is 16.7 Å². The molecule has 2 aromatic heterocycles. The van der Waals surface area contributed by atoms with Gasteiger partial charge >= 0.3 is 0 Å². The second-order valence-corrected chi connectivity index (χ2v) is 8.66. The number of fused-ring (bicyclic) bond motifs is 1. The van der Waals surface area contributed by atoms with Crippen LogP contribution in [0.5, 0.6) is 0 Å². The molecule has 8 heteroatoms. The van der Waals surface area contributed by atoms with Crippen LogP contribution in [-0.4, -0.2) is 32.7 Å². The molecule has 3 aromatic rings. The fourth-order valence-corrected chi connectivity index (χ4v) is 4.61. The van der Waals surface area contributed by atoms with E-state index in [2.05, 4.69) is 21.4 Å². The molecule has 0 radical (unpaired) electrons. The Hall–Kier alpha value is -2.87. The number of nitrogens with one attached hydrogen (secondary N) is 2. The highest BCUT2D eigenvalue weighted by Crippen LogP contribution is 2.22. The van der Waals surface area contributed by atoms with E-state index < -0.39 is 0 Å². The van der Waals surface area contributed by atoms with Gasteiger partial charge in [0.2, 0.25) is 5.91 Å². The Bertz CT molecular complexity index is 1180. The number of allylic oxidation sites excluding steroid dienone is 1. The monoisotopic (exact) mass is 440 g/mol. The molecule has 1 amide bonds. The van der Waals surface area contributed by atoms with Crippen molar-refractivity contribution in [2.45, 2.75) is 44.2 Å². The maximum absolute atomic E-state index is 13.4. The van der Waals surface area contributed by atoms with Gasteiger partial charge in [0.1, 0.15) is 11.3 Å². The molecule has 1 aromatic carbocycles. The Morgan fingerprint density at radius 1 is 1.29 bits per heavy atom. The van der Waals surface area contributed by atoms with Crippen molar-refractivity contribution in [3.63, 3.8) is 0 Å². The zero-order chi connectivity index (χ0) is 21.8. The van der Waals surface area contributed by atoms with Crippen LogP contribution < -0.4 is 10.9 Å². The summed E-state index contributed by atoms with van der Waals surface area (Å²) in [5, 5.41) is 3.35. The Kier molecular flexibility index (Phi) is 6.56. The fraction of sp³-hybridized carbons (Fsp3) is 0.348. The molecule has 0 unspecified atom stereocenters. The summed E-state index contributed by atoms with van der Waals surface area (Å²) in [5.74, 6) is -0.350. The molecule has 162 valence electrons. The highest BCUT2D eigenvalue weighted by atomic mass is 32.2. The molecule has 2 heterocycles. The van der Waals surface area contributed by atoms with Crippen LogP contribution in [0, 0.1) is 12.7 Å².